The Bertz CT molecular complexity index is 333. The number of halogens is 3. The summed E-state index contributed by atoms with van der Waals surface area (Å²) in [5.41, 5.74) is 5.44. The molecule has 1 aromatic rings. The van der Waals surface area contributed by atoms with E-state index in [0.717, 1.165) is 0 Å². The van der Waals surface area contributed by atoms with Gasteiger partial charge in [-0.3, -0.25) is 0 Å². The molecule has 0 saturated carbocycles. The van der Waals surface area contributed by atoms with Gasteiger partial charge in [-0.2, -0.15) is 0 Å². The third kappa shape index (κ3) is 2.19. The van der Waals surface area contributed by atoms with Crippen LogP contribution in [0.1, 0.15) is 17.6 Å². The maximum Gasteiger partial charge on any atom is 0.264 e. The van der Waals surface area contributed by atoms with Gasteiger partial charge in [0.1, 0.15) is 4.60 Å². The molecule has 78 valence electrons. The molecule has 0 bridgehead atoms. The van der Waals surface area contributed by atoms with Crippen LogP contribution in [0, 0.1) is 0 Å². The van der Waals surface area contributed by atoms with Crippen LogP contribution in [0.5, 0.6) is 5.88 Å². The smallest absolute Gasteiger partial charge is 0.264 e. The molecule has 6 heteroatoms. The number of rotatable bonds is 3. The number of pyridine rings is 1. The number of hydrogen-bond acceptors (Lipinski definition) is 3. The Morgan fingerprint density at radius 1 is 1.64 bits per heavy atom. The number of alkyl halides is 2. The second-order valence-corrected chi connectivity index (χ2v) is 3.34. The Morgan fingerprint density at radius 3 is 2.71 bits per heavy atom. The van der Waals surface area contributed by atoms with Gasteiger partial charge in [0.05, 0.1) is 7.11 Å². The summed E-state index contributed by atoms with van der Waals surface area (Å²) in [6.07, 6.45) is -2.58. The van der Waals surface area contributed by atoms with E-state index >= 15 is 0 Å². The van der Waals surface area contributed by atoms with Gasteiger partial charge in [-0.25, -0.2) is 13.8 Å². The number of nitrogens with two attached hydrogens (primary N) is 1. The highest BCUT2D eigenvalue weighted by Gasteiger charge is 2.18. The van der Waals surface area contributed by atoms with Crippen molar-refractivity contribution in [3.63, 3.8) is 0 Å². The van der Waals surface area contributed by atoms with E-state index in [9.17, 15) is 8.78 Å². The zero-order valence-corrected chi connectivity index (χ0v) is 9.01. The lowest BCUT2D eigenvalue weighted by Crippen LogP contribution is -2.06. The molecule has 0 fully saturated rings. The van der Waals surface area contributed by atoms with Gasteiger partial charge in [-0.15, -0.1) is 0 Å². The molecule has 0 aliphatic heterocycles. The lowest BCUT2D eigenvalue weighted by molar-refractivity contribution is 0.149. The Labute approximate surface area is 88.4 Å². The monoisotopic (exact) mass is 266 g/mol. The van der Waals surface area contributed by atoms with Crippen LogP contribution in [0.15, 0.2) is 10.7 Å². The standard InChI is InChI=1S/C8H9BrF2N2O/c1-14-8-5(3-12)4(7(10)11)2-6(9)13-8/h2,7H,3,12H2,1H3. The van der Waals surface area contributed by atoms with Crippen molar-refractivity contribution in [3.05, 3.63) is 21.8 Å². The molecule has 1 heterocycles. The van der Waals surface area contributed by atoms with Gasteiger partial charge in [0.25, 0.3) is 6.43 Å². The Morgan fingerprint density at radius 2 is 2.29 bits per heavy atom. The molecular formula is C8H9BrF2N2O. The van der Waals surface area contributed by atoms with Crippen molar-refractivity contribution in [2.75, 3.05) is 7.11 Å². The van der Waals surface area contributed by atoms with Crippen LogP contribution in [0.25, 0.3) is 0 Å². The highest BCUT2D eigenvalue weighted by molar-refractivity contribution is 9.10. The Balaban J connectivity index is 3.31. The van der Waals surface area contributed by atoms with Crippen LogP contribution in [0.2, 0.25) is 0 Å². The third-order valence-corrected chi connectivity index (χ3v) is 2.13. The van der Waals surface area contributed by atoms with E-state index in [1.54, 1.807) is 0 Å². The average Bonchev–Trinajstić information content (AvgIpc) is 2.16. The fraction of sp³-hybridized carbons (Fsp3) is 0.375. The first-order valence-electron chi connectivity index (χ1n) is 3.81. The SMILES string of the molecule is COc1nc(Br)cc(C(F)F)c1CN. The fourth-order valence-electron chi connectivity index (χ4n) is 1.10. The van der Waals surface area contributed by atoms with Gasteiger partial charge in [-0.1, -0.05) is 0 Å². The molecule has 0 aliphatic rings. The highest BCUT2D eigenvalue weighted by atomic mass is 79.9. The number of hydrogen-bond donors (Lipinski definition) is 1. The quantitative estimate of drug-likeness (QED) is 0.854. The highest BCUT2D eigenvalue weighted by Crippen LogP contribution is 2.30. The molecule has 1 rings (SSSR count). The van der Waals surface area contributed by atoms with Gasteiger partial charge in [0.15, 0.2) is 0 Å². The van der Waals surface area contributed by atoms with Crippen LogP contribution in [0.3, 0.4) is 0 Å². The molecule has 3 nitrogen and oxygen atoms in total. The second-order valence-electron chi connectivity index (χ2n) is 2.53. The van der Waals surface area contributed by atoms with Crippen molar-refractivity contribution in [2.24, 2.45) is 5.73 Å². The average molecular weight is 267 g/mol. The summed E-state index contributed by atoms with van der Waals surface area (Å²) >= 11 is 3.02. The molecule has 0 amide bonds. The number of methoxy groups -OCH3 is 1. The first-order chi connectivity index (χ1) is 6.60. The maximum atomic E-state index is 12.6. The normalized spacial score (nSPS) is 10.7. The first-order valence-corrected chi connectivity index (χ1v) is 4.61. The summed E-state index contributed by atoms with van der Waals surface area (Å²) in [5, 5.41) is 0. The van der Waals surface area contributed by atoms with Crippen LogP contribution < -0.4 is 10.5 Å². The van der Waals surface area contributed by atoms with Crippen molar-refractivity contribution in [1.29, 1.82) is 0 Å². The number of ether oxygens (including phenoxy) is 1. The van der Waals surface area contributed by atoms with E-state index in [0.29, 0.717) is 4.60 Å². The van der Waals surface area contributed by atoms with Gasteiger partial charge in [0.2, 0.25) is 5.88 Å². The molecule has 0 saturated heterocycles. The minimum atomic E-state index is -2.58. The third-order valence-electron chi connectivity index (χ3n) is 1.72. The Kier molecular flexibility index (Phi) is 3.77. The van der Waals surface area contributed by atoms with Crippen LogP contribution in [-0.2, 0) is 6.54 Å². The van der Waals surface area contributed by atoms with E-state index in [1.807, 2.05) is 0 Å². The predicted octanol–water partition coefficient (Wildman–Crippen LogP) is 2.25. The van der Waals surface area contributed by atoms with Gasteiger partial charge >= 0.3 is 0 Å². The van der Waals surface area contributed by atoms with E-state index < -0.39 is 6.43 Å². The molecule has 0 atom stereocenters. The molecule has 0 aliphatic carbocycles. The maximum absolute atomic E-state index is 12.6. The summed E-state index contributed by atoms with van der Waals surface area (Å²) in [5.74, 6) is 0.136. The van der Waals surface area contributed by atoms with Crippen LogP contribution in [-0.4, -0.2) is 12.1 Å². The van der Waals surface area contributed by atoms with E-state index in [1.165, 1.54) is 13.2 Å². The van der Waals surface area contributed by atoms with Crippen molar-refractivity contribution < 1.29 is 13.5 Å². The fourth-order valence-corrected chi connectivity index (χ4v) is 1.51. The molecule has 0 radical (unpaired) electrons. The number of nitrogens with zero attached hydrogens (tertiary/aromatic N) is 1. The Hall–Kier alpha value is -0.750. The van der Waals surface area contributed by atoms with E-state index in [4.69, 9.17) is 10.5 Å². The summed E-state index contributed by atoms with van der Waals surface area (Å²) in [6.45, 7) is -0.0247. The number of aromatic nitrogens is 1. The lowest BCUT2D eigenvalue weighted by Gasteiger charge is -2.11. The molecule has 0 spiro atoms. The predicted molar refractivity (Wildman–Crippen MR) is 51.3 cm³/mol. The van der Waals surface area contributed by atoms with Crippen molar-refractivity contribution in [2.45, 2.75) is 13.0 Å². The van der Waals surface area contributed by atoms with Crippen molar-refractivity contribution >= 4 is 15.9 Å². The van der Waals surface area contributed by atoms with Gasteiger partial charge in [-0.05, 0) is 22.0 Å². The molecule has 14 heavy (non-hydrogen) atoms. The zero-order chi connectivity index (χ0) is 10.7. The topological polar surface area (TPSA) is 48.1 Å². The van der Waals surface area contributed by atoms with Crippen LogP contribution in [0.4, 0.5) is 8.78 Å². The van der Waals surface area contributed by atoms with E-state index in [2.05, 4.69) is 20.9 Å². The minimum absolute atomic E-state index is 0.0247. The molecule has 1 aromatic heterocycles. The van der Waals surface area contributed by atoms with Crippen molar-refractivity contribution in [1.82, 2.24) is 4.98 Å². The minimum Gasteiger partial charge on any atom is -0.481 e. The molecule has 0 aromatic carbocycles. The summed E-state index contributed by atoms with van der Waals surface area (Å²) in [7, 11) is 1.36. The van der Waals surface area contributed by atoms with Gasteiger partial charge < -0.3 is 10.5 Å². The first kappa shape index (κ1) is 11.3. The molecule has 2 N–H and O–H groups in total. The van der Waals surface area contributed by atoms with Crippen molar-refractivity contribution in [3.8, 4) is 5.88 Å². The molecular weight excluding hydrogens is 258 g/mol. The second kappa shape index (κ2) is 4.65. The van der Waals surface area contributed by atoms with Gasteiger partial charge in [0, 0.05) is 17.7 Å². The van der Waals surface area contributed by atoms with Crippen LogP contribution >= 0.6 is 15.9 Å². The largest absolute Gasteiger partial charge is 0.481 e. The zero-order valence-electron chi connectivity index (χ0n) is 7.43. The summed E-state index contributed by atoms with van der Waals surface area (Å²) in [6, 6.07) is 1.25. The lowest BCUT2D eigenvalue weighted by atomic mass is 10.1. The summed E-state index contributed by atoms with van der Waals surface area (Å²) in [4.78, 5) is 3.89. The summed E-state index contributed by atoms with van der Waals surface area (Å²) < 4.78 is 30.3. The molecule has 0 unspecified atom stereocenters. The van der Waals surface area contributed by atoms with E-state index in [-0.39, 0.29) is 23.6 Å².